The molecule has 8 nitrogen and oxygen atoms in total. The Hall–Kier alpha value is -2.87. The summed E-state index contributed by atoms with van der Waals surface area (Å²) in [5.41, 5.74) is 2.90. The molecule has 4 rings (SSSR count). The van der Waals surface area contributed by atoms with Crippen molar-refractivity contribution in [3.63, 3.8) is 0 Å². The molecule has 2 aliphatic rings. The Kier molecular flexibility index (Phi) is 7.79. The Bertz CT molecular complexity index is 1000. The summed E-state index contributed by atoms with van der Waals surface area (Å²) in [6.45, 7) is 7.36. The van der Waals surface area contributed by atoms with Crippen LogP contribution in [-0.4, -0.2) is 52.9 Å². The van der Waals surface area contributed by atoms with Crippen LogP contribution in [-0.2, 0) is 9.53 Å². The summed E-state index contributed by atoms with van der Waals surface area (Å²) in [5.74, 6) is 0.477. The second-order valence-corrected chi connectivity index (χ2v) is 10.3. The topological polar surface area (TPSA) is 96.8 Å². The molecule has 1 unspecified atom stereocenters. The number of ether oxygens (including phenoxy) is 2. The van der Waals surface area contributed by atoms with Gasteiger partial charge >= 0.3 is 12.0 Å². The summed E-state index contributed by atoms with van der Waals surface area (Å²) >= 11 is 0. The number of esters is 1. The fraction of sp³-hybridized carbons (Fsp3) is 0.593. The molecule has 1 saturated carbocycles. The van der Waals surface area contributed by atoms with E-state index in [1.54, 1.807) is 12.4 Å². The van der Waals surface area contributed by atoms with E-state index in [4.69, 9.17) is 9.47 Å². The van der Waals surface area contributed by atoms with Crippen LogP contribution in [0.5, 0.6) is 6.01 Å². The number of methoxy groups -OCH3 is 1. The first-order valence-corrected chi connectivity index (χ1v) is 12.7. The van der Waals surface area contributed by atoms with E-state index in [2.05, 4.69) is 45.3 Å². The molecule has 1 aliphatic heterocycles. The van der Waals surface area contributed by atoms with Crippen LogP contribution < -0.4 is 15.0 Å². The molecule has 0 radical (unpaired) electrons. The third-order valence-corrected chi connectivity index (χ3v) is 7.06. The van der Waals surface area contributed by atoms with Gasteiger partial charge in [-0.1, -0.05) is 13.0 Å². The van der Waals surface area contributed by atoms with E-state index in [-0.39, 0.29) is 17.9 Å². The van der Waals surface area contributed by atoms with Gasteiger partial charge in [0.15, 0.2) is 0 Å². The number of anilines is 3. The smallest absolute Gasteiger partial charge is 0.316 e. The lowest BCUT2D eigenvalue weighted by molar-refractivity contribution is -0.141. The number of rotatable bonds is 11. The third kappa shape index (κ3) is 6.42. The van der Waals surface area contributed by atoms with Gasteiger partial charge in [-0.25, -0.2) is 9.97 Å². The summed E-state index contributed by atoms with van der Waals surface area (Å²) in [5, 5.41) is 14.3. The summed E-state index contributed by atoms with van der Waals surface area (Å²) in [6.07, 6.45) is 9.00. The SMILES string of the molecule is CCC(CC(=O)OC)c1ccc(N2CCC[C@@H]2C(C)(C)O)c(Nc2cnc(OCC3CC3)nc2)c1. The fourth-order valence-corrected chi connectivity index (χ4v) is 4.82. The lowest BCUT2D eigenvalue weighted by Gasteiger charge is -2.36. The minimum absolute atomic E-state index is 0.0143. The number of carbonyl (C=O) groups excluding carboxylic acids is 1. The second kappa shape index (κ2) is 10.8. The molecule has 2 N–H and O–H groups in total. The van der Waals surface area contributed by atoms with Crippen molar-refractivity contribution in [3.05, 3.63) is 36.2 Å². The highest BCUT2D eigenvalue weighted by Gasteiger charge is 2.37. The van der Waals surface area contributed by atoms with Crippen LogP contribution in [0.4, 0.5) is 17.1 Å². The molecule has 35 heavy (non-hydrogen) atoms. The number of hydrogen-bond donors (Lipinski definition) is 2. The Labute approximate surface area is 208 Å². The van der Waals surface area contributed by atoms with Gasteiger partial charge in [0.2, 0.25) is 0 Å². The van der Waals surface area contributed by atoms with Crippen LogP contribution in [0, 0.1) is 5.92 Å². The van der Waals surface area contributed by atoms with Crippen molar-refractivity contribution in [3.8, 4) is 6.01 Å². The molecular formula is C27H38N4O4. The minimum Gasteiger partial charge on any atom is -0.469 e. The monoisotopic (exact) mass is 482 g/mol. The van der Waals surface area contributed by atoms with Crippen molar-refractivity contribution in [1.29, 1.82) is 0 Å². The van der Waals surface area contributed by atoms with Gasteiger partial charge in [-0.05, 0) is 75.5 Å². The maximum atomic E-state index is 12.0. The van der Waals surface area contributed by atoms with Gasteiger partial charge in [0, 0.05) is 6.54 Å². The van der Waals surface area contributed by atoms with Crippen LogP contribution >= 0.6 is 0 Å². The van der Waals surface area contributed by atoms with Crippen LogP contribution in [0.25, 0.3) is 0 Å². The van der Waals surface area contributed by atoms with Gasteiger partial charge in [-0.15, -0.1) is 0 Å². The van der Waals surface area contributed by atoms with Gasteiger partial charge < -0.3 is 24.8 Å². The molecule has 2 fully saturated rings. The molecule has 1 aliphatic carbocycles. The van der Waals surface area contributed by atoms with E-state index in [1.165, 1.54) is 20.0 Å². The Balaban J connectivity index is 1.62. The minimum atomic E-state index is -0.826. The van der Waals surface area contributed by atoms with Gasteiger partial charge in [-0.2, -0.15) is 0 Å². The van der Waals surface area contributed by atoms with Crippen molar-refractivity contribution in [1.82, 2.24) is 9.97 Å². The molecule has 0 spiro atoms. The molecule has 8 heteroatoms. The van der Waals surface area contributed by atoms with Crippen molar-refractivity contribution in [2.24, 2.45) is 5.92 Å². The highest BCUT2D eigenvalue weighted by Crippen LogP contribution is 2.39. The van der Waals surface area contributed by atoms with Crippen molar-refractivity contribution >= 4 is 23.0 Å². The maximum Gasteiger partial charge on any atom is 0.316 e. The number of benzene rings is 1. The highest BCUT2D eigenvalue weighted by atomic mass is 16.5. The number of nitrogens with zero attached hydrogens (tertiary/aromatic N) is 3. The normalized spacial score (nSPS) is 18.9. The quantitative estimate of drug-likeness (QED) is 0.441. The molecule has 0 amide bonds. The molecule has 1 saturated heterocycles. The molecule has 0 bridgehead atoms. The predicted octanol–water partition coefficient (Wildman–Crippen LogP) is 4.81. The second-order valence-electron chi connectivity index (χ2n) is 10.3. The third-order valence-electron chi connectivity index (χ3n) is 7.06. The molecule has 1 aromatic carbocycles. The van der Waals surface area contributed by atoms with Gasteiger partial charge in [0.1, 0.15) is 0 Å². The zero-order valence-corrected chi connectivity index (χ0v) is 21.3. The average Bonchev–Trinajstić information content (AvgIpc) is 3.54. The first-order chi connectivity index (χ1) is 16.8. The van der Waals surface area contributed by atoms with E-state index in [0.29, 0.717) is 25.0 Å². The molecular weight excluding hydrogens is 444 g/mol. The largest absolute Gasteiger partial charge is 0.469 e. The van der Waals surface area contributed by atoms with E-state index >= 15 is 0 Å². The van der Waals surface area contributed by atoms with Crippen LogP contribution in [0.1, 0.15) is 70.8 Å². The fourth-order valence-electron chi connectivity index (χ4n) is 4.82. The van der Waals surface area contributed by atoms with Gasteiger partial charge in [0.25, 0.3) is 0 Å². The van der Waals surface area contributed by atoms with Gasteiger partial charge in [0.05, 0.1) is 61.2 Å². The van der Waals surface area contributed by atoms with E-state index in [1.807, 2.05) is 13.8 Å². The molecule has 2 aromatic rings. The van der Waals surface area contributed by atoms with Crippen LogP contribution in [0.2, 0.25) is 0 Å². The first-order valence-electron chi connectivity index (χ1n) is 12.7. The number of hydrogen-bond acceptors (Lipinski definition) is 8. The van der Waals surface area contributed by atoms with Crippen molar-refractivity contribution < 1.29 is 19.4 Å². The molecule has 190 valence electrons. The standard InChI is InChI=1S/C27H38N4O4/c1-5-19(14-25(32)34-4)20-10-11-23(31-12-6-7-24(31)27(2,3)33)22(13-20)30-21-15-28-26(29-16-21)35-17-18-8-9-18/h10-11,13,15-16,18-19,24,30,33H,5-9,12,14,17H2,1-4H3/t19?,24-/m1/s1. The average molecular weight is 483 g/mol. The van der Waals surface area contributed by atoms with Gasteiger partial charge in [-0.3, -0.25) is 4.79 Å². The number of aliphatic hydroxyl groups is 1. The highest BCUT2D eigenvalue weighted by molar-refractivity contribution is 5.77. The van der Waals surface area contributed by atoms with Crippen LogP contribution in [0.15, 0.2) is 30.6 Å². The Morgan fingerprint density at radius 1 is 1.26 bits per heavy atom. The number of nitrogens with one attached hydrogen (secondary N) is 1. The molecule has 2 heterocycles. The summed E-state index contributed by atoms with van der Waals surface area (Å²) in [6, 6.07) is 6.68. The van der Waals surface area contributed by atoms with E-state index in [9.17, 15) is 9.90 Å². The summed E-state index contributed by atoms with van der Waals surface area (Å²) in [7, 11) is 1.42. The Morgan fingerprint density at radius 2 is 2.00 bits per heavy atom. The predicted molar refractivity (Wildman–Crippen MR) is 136 cm³/mol. The number of aromatic nitrogens is 2. The lowest BCUT2D eigenvalue weighted by atomic mass is 9.91. The van der Waals surface area contributed by atoms with Crippen molar-refractivity contribution in [2.75, 3.05) is 30.5 Å². The van der Waals surface area contributed by atoms with Crippen LogP contribution in [0.3, 0.4) is 0 Å². The maximum absolute atomic E-state index is 12.0. The Morgan fingerprint density at radius 3 is 2.63 bits per heavy atom. The lowest BCUT2D eigenvalue weighted by Crippen LogP contribution is -2.46. The zero-order valence-electron chi connectivity index (χ0n) is 21.3. The number of carbonyl (C=O) groups is 1. The summed E-state index contributed by atoms with van der Waals surface area (Å²) < 4.78 is 10.6. The summed E-state index contributed by atoms with van der Waals surface area (Å²) in [4.78, 5) is 23.0. The molecule has 2 atom stereocenters. The molecule has 1 aromatic heterocycles. The van der Waals surface area contributed by atoms with E-state index in [0.717, 1.165) is 48.4 Å². The zero-order chi connectivity index (χ0) is 25.0. The van der Waals surface area contributed by atoms with Crippen molar-refractivity contribution in [2.45, 2.75) is 76.9 Å². The van der Waals surface area contributed by atoms with E-state index < -0.39 is 5.60 Å². The first kappa shape index (κ1) is 25.2.